The van der Waals surface area contributed by atoms with E-state index in [2.05, 4.69) is 34.5 Å². The summed E-state index contributed by atoms with van der Waals surface area (Å²) >= 11 is 11.9. The van der Waals surface area contributed by atoms with E-state index in [1.807, 2.05) is 12.1 Å². The van der Waals surface area contributed by atoms with Crippen LogP contribution in [0, 0.1) is 0 Å². The SMILES string of the molecule is O=C(CCc1ccc(Cl)c(Cl)c1)NCCCN1CCc2ccccc2C1. The quantitative estimate of drug-likeness (QED) is 0.706. The molecule has 0 unspecified atom stereocenters. The fourth-order valence-electron chi connectivity index (χ4n) is 3.32. The Morgan fingerprint density at radius 2 is 1.88 bits per heavy atom. The average molecular weight is 391 g/mol. The molecule has 2 aromatic rings. The van der Waals surface area contributed by atoms with Gasteiger partial charge in [-0.25, -0.2) is 0 Å². The number of aryl methyl sites for hydroxylation is 1. The van der Waals surface area contributed by atoms with Crippen molar-refractivity contribution in [3.05, 3.63) is 69.2 Å². The maximum atomic E-state index is 12.0. The van der Waals surface area contributed by atoms with Crippen molar-refractivity contribution in [1.82, 2.24) is 10.2 Å². The first-order valence-corrected chi connectivity index (χ1v) is 9.87. The summed E-state index contributed by atoms with van der Waals surface area (Å²) in [5, 5.41) is 4.09. The number of rotatable bonds is 7. The number of nitrogens with one attached hydrogen (secondary N) is 1. The molecular weight excluding hydrogens is 367 g/mol. The highest BCUT2D eigenvalue weighted by atomic mass is 35.5. The number of hydrogen-bond donors (Lipinski definition) is 1. The smallest absolute Gasteiger partial charge is 0.220 e. The Hall–Kier alpha value is -1.55. The van der Waals surface area contributed by atoms with E-state index in [4.69, 9.17) is 23.2 Å². The summed E-state index contributed by atoms with van der Waals surface area (Å²) in [5.41, 5.74) is 3.94. The topological polar surface area (TPSA) is 32.3 Å². The molecule has 0 bridgehead atoms. The molecule has 1 N–H and O–H groups in total. The highest BCUT2D eigenvalue weighted by Crippen LogP contribution is 2.23. The van der Waals surface area contributed by atoms with Crippen LogP contribution in [0.15, 0.2) is 42.5 Å². The van der Waals surface area contributed by atoms with Crippen molar-refractivity contribution < 1.29 is 4.79 Å². The second-order valence-electron chi connectivity index (χ2n) is 6.75. The third-order valence-corrected chi connectivity index (χ3v) is 5.55. The number of fused-ring (bicyclic) bond motifs is 1. The zero-order valence-corrected chi connectivity index (χ0v) is 16.3. The molecule has 1 aliphatic rings. The molecule has 0 saturated carbocycles. The normalized spacial score (nSPS) is 14.1. The Labute approximate surface area is 165 Å². The molecule has 0 aromatic heterocycles. The number of amides is 1. The largest absolute Gasteiger partial charge is 0.356 e. The molecule has 1 amide bonds. The summed E-state index contributed by atoms with van der Waals surface area (Å²) in [6.45, 7) is 3.85. The summed E-state index contributed by atoms with van der Waals surface area (Å²) in [6, 6.07) is 14.2. The standard InChI is InChI=1S/C21H24Cl2N2O/c22-19-8-6-16(14-20(19)23)7-9-21(26)24-11-3-12-25-13-10-17-4-1-2-5-18(17)15-25/h1-2,4-6,8,14H,3,7,9-13,15H2,(H,24,26). The second kappa shape index (κ2) is 9.40. The number of benzene rings is 2. The summed E-state index contributed by atoms with van der Waals surface area (Å²) < 4.78 is 0. The molecule has 3 nitrogen and oxygen atoms in total. The minimum absolute atomic E-state index is 0.0834. The molecule has 3 rings (SSSR count). The van der Waals surface area contributed by atoms with Crippen LogP contribution in [0.4, 0.5) is 0 Å². The van der Waals surface area contributed by atoms with Crippen LogP contribution in [0.5, 0.6) is 0 Å². The van der Waals surface area contributed by atoms with Crippen molar-refractivity contribution in [2.75, 3.05) is 19.6 Å². The van der Waals surface area contributed by atoms with Gasteiger partial charge in [0.2, 0.25) is 5.91 Å². The van der Waals surface area contributed by atoms with E-state index in [9.17, 15) is 4.79 Å². The van der Waals surface area contributed by atoms with Crippen molar-refractivity contribution in [2.45, 2.75) is 32.2 Å². The Kier molecular flexibility index (Phi) is 6.95. The lowest BCUT2D eigenvalue weighted by Crippen LogP contribution is -2.33. The van der Waals surface area contributed by atoms with Crippen LogP contribution >= 0.6 is 23.2 Å². The number of carbonyl (C=O) groups excluding carboxylic acids is 1. The number of halogens is 2. The second-order valence-corrected chi connectivity index (χ2v) is 7.56. The van der Waals surface area contributed by atoms with Crippen LogP contribution < -0.4 is 5.32 Å². The molecule has 1 aliphatic heterocycles. The fourth-order valence-corrected chi connectivity index (χ4v) is 3.64. The molecule has 138 valence electrons. The summed E-state index contributed by atoms with van der Waals surface area (Å²) in [4.78, 5) is 14.5. The lowest BCUT2D eigenvalue weighted by Gasteiger charge is -2.28. The maximum Gasteiger partial charge on any atom is 0.220 e. The van der Waals surface area contributed by atoms with Gasteiger partial charge in [0.05, 0.1) is 10.0 Å². The third-order valence-electron chi connectivity index (χ3n) is 4.81. The molecular formula is C21H24Cl2N2O. The van der Waals surface area contributed by atoms with Crippen molar-refractivity contribution in [3.63, 3.8) is 0 Å². The van der Waals surface area contributed by atoms with Gasteiger partial charge in [-0.05, 0) is 48.1 Å². The zero-order valence-electron chi connectivity index (χ0n) is 14.8. The van der Waals surface area contributed by atoms with E-state index in [1.165, 1.54) is 11.1 Å². The van der Waals surface area contributed by atoms with Gasteiger partial charge in [0.25, 0.3) is 0 Å². The van der Waals surface area contributed by atoms with Gasteiger partial charge >= 0.3 is 0 Å². The van der Waals surface area contributed by atoms with E-state index >= 15 is 0 Å². The molecule has 2 aromatic carbocycles. The molecule has 26 heavy (non-hydrogen) atoms. The molecule has 5 heteroatoms. The van der Waals surface area contributed by atoms with Crippen molar-refractivity contribution in [2.24, 2.45) is 0 Å². The molecule has 0 aliphatic carbocycles. The van der Waals surface area contributed by atoms with Crippen LogP contribution in [-0.2, 0) is 24.2 Å². The molecule has 1 heterocycles. The summed E-state index contributed by atoms with van der Waals surface area (Å²) in [5.74, 6) is 0.0834. The minimum Gasteiger partial charge on any atom is -0.356 e. The van der Waals surface area contributed by atoms with E-state index in [-0.39, 0.29) is 5.91 Å². The lowest BCUT2D eigenvalue weighted by atomic mass is 10.00. The Balaban J connectivity index is 1.32. The van der Waals surface area contributed by atoms with Gasteiger partial charge in [-0.15, -0.1) is 0 Å². The van der Waals surface area contributed by atoms with Gasteiger partial charge in [-0.2, -0.15) is 0 Å². The highest BCUT2D eigenvalue weighted by molar-refractivity contribution is 6.42. The van der Waals surface area contributed by atoms with Crippen molar-refractivity contribution in [1.29, 1.82) is 0 Å². The van der Waals surface area contributed by atoms with Crippen LogP contribution in [0.25, 0.3) is 0 Å². The van der Waals surface area contributed by atoms with E-state index in [0.29, 0.717) is 22.9 Å². The van der Waals surface area contributed by atoms with E-state index < -0.39 is 0 Å². The maximum absolute atomic E-state index is 12.0. The first-order valence-electron chi connectivity index (χ1n) is 9.11. The monoisotopic (exact) mass is 390 g/mol. The van der Waals surface area contributed by atoms with Crippen LogP contribution in [0.3, 0.4) is 0 Å². The van der Waals surface area contributed by atoms with Gasteiger partial charge in [0.15, 0.2) is 0 Å². The third kappa shape index (κ3) is 5.47. The number of nitrogens with zero attached hydrogens (tertiary/aromatic N) is 1. The summed E-state index contributed by atoms with van der Waals surface area (Å²) in [6.07, 6.45) is 3.23. The predicted octanol–water partition coefficient (Wildman–Crippen LogP) is 4.49. The van der Waals surface area contributed by atoms with Gasteiger partial charge in [0.1, 0.15) is 0 Å². The average Bonchev–Trinajstić information content (AvgIpc) is 2.66. The Morgan fingerprint density at radius 3 is 2.69 bits per heavy atom. The Bertz CT molecular complexity index is 763. The highest BCUT2D eigenvalue weighted by Gasteiger charge is 2.14. The summed E-state index contributed by atoms with van der Waals surface area (Å²) in [7, 11) is 0. The van der Waals surface area contributed by atoms with Crippen molar-refractivity contribution in [3.8, 4) is 0 Å². The fraction of sp³-hybridized carbons (Fsp3) is 0.381. The number of hydrogen-bond acceptors (Lipinski definition) is 2. The number of carbonyl (C=O) groups is 1. The molecule has 0 spiro atoms. The molecule has 0 saturated heterocycles. The van der Waals surface area contributed by atoms with Crippen LogP contribution in [0.1, 0.15) is 29.5 Å². The first kappa shape index (κ1) is 19.2. The molecule has 0 atom stereocenters. The molecule has 0 fully saturated rings. The van der Waals surface area contributed by atoms with E-state index in [1.54, 1.807) is 6.07 Å². The van der Waals surface area contributed by atoms with Gasteiger partial charge in [0, 0.05) is 32.6 Å². The van der Waals surface area contributed by atoms with Crippen molar-refractivity contribution >= 4 is 29.1 Å². The van der Waals surface area contributed by atoms with Crippen LogP contribution in [0.2, 0.25) is 10.0 Å². The van der Waals surface area contributed by atoms with Gasteiger partial charge in [-0.1, -0.05) is 53.5 Å². The molecule has 0 radical (unpaired) electrons. The van der Waals surface area contributed by atoms with Gasteiger partial charge in [-0.3, -0.25) is 9.69 Å². The van der Waals surface area contributed by atoms with Gasteiger partial charge < -0.3 is 5.32 Å². The zero-order chi connectivity index (χ0) is 18.4. The Morgan fingerprint density at radius 1 is 1.08 bits per heavy atom. The first-order chi connectivity index (χ1) is 12.6. The minimum atomic E-state index is 0.0834. The lowest BCUT2D eigenvalue weighted by molar-refractivity contribution is -0.121. The van der Waals surface area contributed by atoms with Crippen LogP contribution in [-0.4, -0.2) is 30.4 Å². The predicted molar refractivity (Wildman–Crippen MR) is 108 cm³/mol. The van der Waals surface area contributed by atoms with E-state index in [0.717, 1.165) is 44.6 Å².